The Kier molecular flexibility index (Phi) is 7.32. The number of fused-ring (bicyclic) bond motifs is 1. The largest absolute Gasteiger partial charge is 0.322 e. The van der Waals surface area contributed by atoms with E-state index in [0.717, 1.165) is 48.0 Å². The molecule has 1 N–H and O–H groups in total. The number of hydrogen-bond donors (Lipinski definition) is 1. The van der Waals surface area contributed by atoms with E-state index in [1.165, 1.54) is 56.1 Å². The molecule has 2 saturated carbocycles. The summed E-state index contributed by atoms with van der Waals surface area (Å²) in [5.74, 6) is 0.995. The van der Waals surface area contributed by atoms with Crippen molar-refractivity contribution in [1.82, 2.24) is 30.1 Å². The Morgan fingerprint density at radius 2 is 1.80 bits per heavy atom. The molecule has 0 bridgehead atoms. The smallest absolute Gasteiger partial charge is 0.252 e. The van der Waals surface area contributed by atoms with Gasteiger partial charge in [0, 0.05) is 29.1 Å². The van der Waals surface area contributed by atoms with Gasteiger partial charge in [-0.25, -0.2) is 4.68 Å². The second-order valence-electron chi connectivity index (χ2n) is 10.9. The highest BCUT2D eigenvalue weighted by Crippen LogP contribution is 2.37. The number of aryl methyl sites for hydroxylation is 2. The van der Waals surface area contributed by atoms with Gasteiger partial charge in [0.15, 0.2) is 5.82 Å². The lowest BCUT2D eigenvalue weighted by Crippen LogP contribution is -2.39. The minimum atomic E-state index is 0.0209. The number of tetrazole rings is 1. The number of hydrogen-bond acceptors (Lipinski definition) is 5. The molecule has 2 aliphatic carbocycles. The number of aromatic nitrogens is 5. The van der Waals surface area contributed by atoms with Gasteiger partial charge in [-0.1, -0.05) is 51.5 Å². The minimum Gasteiger partial charge on any atom is -0.322 e. The fourth-order valence-electron chi connectivity index (χ4n) is 6.48. The summed E-state index contributed by atoms with van der Waals surface area (Å²) in [6.07, 6.45) is 13.0. The van der Waals surface area contributed by atoms with Crippen LogP contribution in [0.1, 0.15) is 112 Å². The molecule has 7 heteroatoms. The number of H-pyrrole nitrogens is 1. The molecule has 0 saturated heterocycles. The van der Waals surface area contributed by atoms with Crippen LogP contribution < -0.4 is 5.56 Å². The fourth-order valence-corrected chi connectivity index (χ4v) is 6.48. The Morgan fingerprint density at radius 3 is 2.54 bits per heavy atom. The Bertz CT molecular complexity index is 1200. The first-order valence-electron chi connectivity index (χ1n) is 13.7. The third-order valence-corrected chi connectivity index (χ3v) is 8.24. The molecule has 7 nitrogen and oxygen atoms in total. The van der Waals surface area contributed by atoms with E-state index in [4.69, 9.17) is 0 Å². The molecule has 3 aromatic rings. The van der Waals surface area contributed by atoms with Crippen LogP contribution in [0.5, 0.6) is 0 Å². The van der Waals surface area contributed by atoms with Crippen molar-refractivity contribution in [2.24, 2.45) is 0 Å². The van der Waals surface area contributed by atoms with Crippen LogP contribution in [-0.4, -0.2) is 36.1 Å². The highest BCUT2D eigenvalue weighted by atomic mass is 16.1. The molecule has 2 heterocycles. The Morgan fingerprint density at radius 1 is 1.06 bits per heavy atom. The number of nitrogens with zero attached hydrogens (tertiary/aromatic N) is 5. The van der Waals surface area contributed by atoms with Crippen LogP contribution in [0.3, 0.4) is 0 Å². The molecule has 5 rings (SSSR count). The Labute approximate surface area is 208 Å². The average molecular weight is 477 g/mol. The van der Waals surface area contributed by atoms with Crippen molar-refractivity contribution in [3.8, 4) is 0 Å². The van der Waals surface area contributed by atoms with E-state index in [2.05, 4.69) is 69.1 Å². The first-order chi connectivity index (χ1) is 17.0. The molecule has 2 fully saturated rings. The molecule has 0 radical (unpaired) electrons. The van der Waals surface area contributed by atoms with Gasteiger partial charge >= 0.3 is 0 Å². The summed E-state index contributed by atoms with van der Waals surface area (Å²) in [7, 11) is 0. The zero-order valence-electron chi connectivity index (χ0n) is 21.6. The van der Waals surface area contributed by atoms with E-state index in [1.54, 1.807) is 0 Å². The van der Waals surface area contributed by atoms with Gasteiger partial charge in [0.1, 0.15) is 0 Å². The topological polar surface area (TPSA) is 79.7 Å². The Balaban J connectivity index is 1.53. The van der Waals surface area contributed by atoms with Crippen molar-refractivity contribution in [2.45, 2.75) is 116 Å². The maximum atomic E-state index is 13.3. The summed E-state index contributed by atoms with van der Waals surface area (Å²) in [5, 5.41) is 14.4. The summed E-state index contributed by atoms with van der Waals surface area (Å²) < 4.78 is 2.14. The first kappa shape index (κ1) is 24.2. The van der Waals surface area contributed by atoms with Crippen LogP contribution in [0, 0.1) is 13.8 Å². The van der Waals surface area contributed by atoms with Gasteiger partial charge in [0.2, 0.25) is 0 Å². The third kappa shape index (κ3) is 5.06. The molecule has 2 aromatic heterocycles. The molecule has 0 aliphatic heterocycles. The van der Waals surface area contributed by atoms with Gasteiger partial charge in [-0.05, 0) is 79.6 Å². The van der Waals surface area contributed by atoms with Crippen molar-refractivity contribution in [1.29, 1.82) is 0 Å². The molecule has 1 aromatic carbocycles. The summed E-state index contributed by atoms with van der Waals surface area (Å²) >= 11 is 0. The maximum Gasteiger partial charge on any atom is 0.252 e. The lowest BCUT2D eigenvalue weighted by Gasteiger charge is -2.36. The minimum absolute atomic E-state index is 0.0209. The third-order valence-electron chi connectivity index (χ3n) is 8.24. The van der Waals surface area contributed by atoms with E-state index in [0.29, 0.717) is 18.6 Å². The molecule has 0 amide bonds. The number of pyridine rings is 1. The zero-order chi connectivity index (χ0) is 24.4. The molecule has 0 unspecified atom stereocenters. The number of aromatic amines is 1. The van der Waals surface area contributed by atoms with E-state index in [1.807, 2.05) is 0 Å². The van der Waals surface area contributed by atoms with Crippen molar-refractivity contribution >= 4 is 10.9 Å². The summed E-state index contributed by atoms with van der Waals surface area (Å²) in [6, 6.07) is 7.36. The van der Waals surface area contributed by atoms with Crippen molar-refractivity contribution in [3.63, 3.8) is 0 Å². The monoisotopic (exact) mass is 476 g/mol. The summed E-state index contributed by atoms with van der Waals surface area (Å²) in [6.45, 7) is 7.07. The van der Waals surface area contributed by atoms with Crippen molar-refractivity contribution < 1.29 is 0 Å². The zero-order valence-corrected chi connectivity index (χ0v) is 21.6. The Hall–Kier alpha value is -2.54. The second kappa shape index (κ2) is 10.6. The van der Waals surface area contributed by atoms with Crippen LogP contribution in [0.15, 0.2) is 23.0 Å². The van der Waals surface area contributed by atoms with Gasteiger partial charge in [-0.2, -0.15) is 0 Å². The average Bonchev–Trinajstić information content (AvgIpc) is 3.55. The molecule has 0 spiro atoms. The highest BCUT2D eigenvalue weighted by Gasteiger charge is 2.34. The normalized spacial score (nSPS) is 18.6. The highest BCUT2D eigenvalue weighted by molar-refractivity contribution is 5.83. The van der Waals surface area contributed by atoms with Crippen LogP contribution in [-0.2, 0) is 6.54 Å². The van der Waals surface area contributed by atoms with Crippen LogP contribution in [0.25, 0.3) is 10.9 Å². The second-order valence-corrected chi connectivity index (χ2v) is 10.9. The molecule has 35 heavy (non-hydrogen) atoms. The van der Waals surface area contributed by atoms with E-state index in [9.17, 15) is 4.79 Å². The maximum absolute atomic E-state index is 13.3. The summed E-state index contributed by atoms with van der Waals surface area (Å²) in [5.41, 5.74) is 4.16. The fraction of sp³-hybridized carbons (Fsp3) is 0.643. The quantitative estimate of drug-likeness (QED) is 0.436. The van der Waals surface area contributed by atoms with Crippen LogP contribution >= 0.6 is 0 Å². The molecule has 2 aliphatic rings. The number of nitrogens with one attached hydrogen (secondary N) is 1. The number of rotatable bonds is 8. The van der Waals surface area contributed by atoms with Gasteiger partial charge < -0.3 is 4.98 Å². The van der Waals surface area contributed by atoms with Crippen molar-refractivity contribution in [3.05, 3.63) is 51.1 Å². The van der Waals surface area contributed by atoms with Crippen molar-refractivity contribution in [2.75, 3.05) is 0 Å². The van der Waals surface area contributed by atoms with E-state index < -0.39 is 0 Å². The van der Waals surface area contributed by atoms with Crippen LogP contribution in [0.4, 0.5) is 0 Å². The lowest BCUT2D eigenvalue weighted by atomic mass is 9.95. The number of benzene rings is 1. The molecule has 1 atom stereocenters. The standard InChI is InChI=1S/C28H40N6O/c1-4-10-26(27-30-31-32-34(27)23-13-6-5-7-14-23)33(22-11-8-9-12-22)18-21-17-24-20(3)15-19(2)16-25(24)29-28(21)35/h15-17,22-23,26H,4-14,18H2,1-3H3,(H,29,35)/t26-/m1/s1. The summed E-state index contributed by atoms with van der Waals surface area (Å²) in [4.78, 5) is 19.0. The lowest BCUT2D eigenvalue weighted by molar-refractivity contribution is 0.105. The molecular weight excluding hydrogens is 436 g/mol. The first-order valence-corrected chi connectivity index (χ1v) is 13.7. The van der Waals surface area contributed by atoms with Gasteiger partial charge in [0.25, 0.3) is 5.56 Å². The SMILES string of the molecule is CCC[C@H](c1nnnn1C1CCCCC1)N(Cc1cc2c(C)cc(C)cc2[nH]c1=O)C1CCCC1. The predicted octanol–water partition coefficient (Wildman–Crippen LogP) is 5.92. The molecule has 188 valence electrons. The van der Waals surface area contributed by atoms with Gasteiger partial charge in [-0.3, -0.25) is 9.69 Å². The van der Waals surface area contributed by atoms with Gasteiger partial charge in [0.05, 0.1) is 12.1 Å². The van der Waals surface area contributed by atoms with E-state index in [-0.39, 0.29) is 11.6 Å². The van der Waals surface area contributed by atoms with Gasteiger partial charge in [-0.15, -0.1) is 5.10 Å². The van der Waals surface area contributed by atoms with Crippen LogP contribution in [0.2, 0.25) is 0 Å². The molecular formula is C28H40N6O. The predicted molar refractivity (Wildman–Crippen MR) is 139 cm³/mol. The van der Waals surface area contributed by atoms with E-state index >= 15 is 0 Å².